The molecule has 0 radical (unpaired) electrons. The molecule has 2 unspecified atom stereocenters. The number of primary sulfonamides is 1. The lowest BCUT2D eigenvalue weighted by atomic mass is 9.91. The zero-order valence-corrected chi connectivity index (χ0v) is 17.1. The maximum atomic E-state index is 13.4. The van der Waals surface area contributed by atoms with E-state index >= 15 is 0 Å². The van der Waals surface area contributed by atoms with Gasteiger partial charge in [-0.15, -0.1) is 0 Å². The van der Waals surface area contributed by atoms with Crippen LogP contribution in [0.3, 0.4) is 0 Å². The molecule has 3 N–H and O–H groups in total. The highest BCUT2D eigenvalue weighted by Crippen LogP contribution is 2.38. The van der Waals surface area contributed by atoms with Gasteiger partial charge in [-0.25, -0.2) is 18.5 Å². The van der Waals surface area contributed by atoms with Crippen LogP contribution in [0.2, 0.25) is 0 Å². The maximum absolute atomic E-state index is 13.4. The minimum atomic E-state index is -3.86. The number of nitrogens with one attached hydrogen (secondary N) is 1. The van der Waals surface area contributed by atoms with Gasteiger partial charge in [0.05, 0.1) is 5.69 Å². The number of sulfonamides is 1. The molecule has 3 aliphatic rings. The van der Waals surface area contributed by atoms with Crippen molar-refractivity contribution in [1.82, 2.24) is 9.88 Å². The van der Waals surface area contributed by atoms with Crippen molar-refractivity contribution in [2.24, 2.45) is 5.14 Å². The van der Waals surface area contributed by atoms with Crippen molar-refractivity contribution in [3.63, 3.8) is 0 Å². The lowest BCUT2D eigenvalue weighted by Crippen LogP contribution is -2.58. The molecular formula is C19H29N5O3S. The molecule has 1 saturated carbocycles. The average molecular weight is 408 g/mol. The van der Waals surface area contributed by atoms with Gasteiger partial charge in [-0.2, -0.15) is 0 Å². The molecule has 9 heteroatoms. The number of nitrogens with two attached hydrogens (primary N) is 1. The topological polar surface area (TPSA) is 109 Å². The standard InChI is InChI=1S/C19H29N5O3S/c1-13-6-5-9-23(13)19(25)17-12-22-18-16(10-15(11-21-18)28(20,26)27)24(17)14-7-3-2-4-8-14/h10-11,13-14,17H,2-9,12H2,1H3,(H,21,22)(H2,20,26,27). The summed E-state index contributed by atoms with van der Waals surface area (Å²) in [6.07, 6.45) is 8.78. The SMILES string of the molecule is CC1CCCN1C(=O)C1CNc2ncc(S(N)(=O)=O)cc2N1C1CCCCC1. The zero-order chi connectivity index (χ0) is 19.9. The van der Waals surface area contributed by atoms with Gasteiger partial charge in [-0.3, -0.25) is 4.79 Å². The Labute approximate surface area is 166 Å². The van der Waals surface area contributed by atoms with Crippen molar-refractivity contribution in [3.05, 3.63) is 12.3 Å². The molecule has 2 aliphatic heterocycles. The number of amides is 1. The highest BCUT2D eigenvalue weighted by molar-refractivity contribution is 7.89. The molecule has 28 heavy (non-hydrogen) atoms. The highest BCUT2D eigenvalue weighted by atomic mass is 32.2. The smallest absolute Gasteiger partial charge is 0.247 e. The number of carbonyl (C=O) groups excluding carboxylic acids is 1. The van der Waals surface area contributed by atoms with Gasteiger partial charge < -0.3 is 15.1 Å². The first-order chi connectivity index (χ1) is 13.4. The summed E-state index contributed by atoms with van der Waals surface area (Å²) < 4.78 is 23.8. The summed E-state index contributed by atoms with van der Waals surface area (Å²) in [6, 6.07) is 1.68. The van der Waals surface area contributed by atoms with Gasteiger partial charge >= 0.3 is 0 Å². The first-order valence-corrected chi connectivity index (χ1v) is 11.8. The molecule has 2 fully saturated rings. The Kier molecular flexibility index (Phi) is 5.22. The third-order valence-electron chi connectivity index (χ3n) is 6.34. The fraction of sp³-hybridized carbons (Fsp3) is 0.684. The van der Waals surface area contributed by atoms with E-state index in [1.165, 1.54) is 12.6 Å². The Balaban J connectivity index is 1.74. The Morgan fingerprint density at radius 3 is 2.61 bits per heavy atom. The van der Waals surface area contributed by atoms with Crippen molar-refractivity contribution < 1.29 is 13.2 Å². The van der Waals surface area contributed by atoms with E-state index in [1.54, 1.807) is 6.07 Å². The third kappa shape index (κ3) is 3.57. The predicted molar refractivity (Wildman–Crippen MR) is 108 cm³/mol. The van der Waals surface area contributed by atoms with E-state index in [0.717, 1.165) is 45.1 Å². The van der Waals surface area contributed by atoms with Gasteiger partial charge in [0.15, 0.2) is 0 Å². The molecular weight excluding hydrogens is 378 g/mol. The molecule has 8 nitrogen and oxygen atoms in total. The zero-order valence-electron chi connectivity index (χ0n) is 16.3. The number of rotatable bonds is 3. The molecule has 154 valence electrons. The summed E-state index contributed by atoms with van der Waals surface area (Å²) in [4.78, 5) is 21.8. The molecule has 4 rings (SSSR count). The van der Waals surface area contributed by atoms with Crippen LogP contribution in [0.4, 0.5) is 11.5 Å². The van der Waals surface area contributed by atoms with Crippen molar-refractivity contribution in [1.29, 1.82) is 0 Å². The van der Waals surface area contributed by atoms with Gasteiger partial charge in [0, 0.05) is 31.4 Å². The molecule has 0 spiro atoms. The first-order valence-electron chi connectivity index (χ1n) is 10.2. The van der Waals surface area contributed by atoms with Gasteiger partial charge in [0.1, 0.15) is 16.8 Å². The Bertz CT molecular complexity index is 853. The van der Waals surface area contributed by atoms with E-state index in [2.05, 4.69) is 22.1 Å². The molecule has 1 aromatic rings. The Hall–Kier alpha value is -1.87. The van der Waals surface area contributed by atoms with E-state index < -0.39 is 10.0 Å². The molecule has 1 saturated heterocycles. The highest BCUT2D eigenvalue weighted by Gasteiger charge is 2.41. The molecule has 0 bridgehead atoms. The van der Waals surface area contributed by atoms with Gasteiger partial charge in [0.25, 0.3) is 0 Å². The third-order valence-corrected chi connectivity index (χ3v) is 7.22. The number of hydrogen-bond acceptors (Lipinski definition) is 6. The molecule has 3 heterocycles. The minimum Gasteiger partial charge on any atom is -0.366 e. The van der Waals surface area contributed by atoms with E-state index in [1.807, 2.05) is 4.90 Å². The predicted octanol–water partition coefficient (Wildman–Crippen LogP) is 1.67. The van der Waals surface area contributed by atoms with Crippen molar-refractivity contribution in [2.75, 3.05) is 23.3 Å². The van der Waals surface area contributed by atoms with Gasteiger partial charge in [0.2, 0.25) is 15.9 Å². The number of pyridine rings is 1. The maximum Gasteiger partial charge on any atom is 0.247 e. The monoisotopic (exact) mass is 407 g/mol. The Morgan fingerprint density at radius 1 is 1.21 bits per heavy atom. The summed E-state index contributed by atoms with van der Waals surface area (Å²) in [5.74, 6) is 0.742. The summed E-state index contributed by atoms with van der Waals surface area (Å²) in [5, 5.41) is 8.59. The fourth-order valence-electron chi connectivity index (χ4n) is 4.85. The first kappa shape index (κ1) is 19.4. The number of carbonyl (C=O) groups is 1. The molecule has 1 aliphatic carbocycles. The normalized spacial score (nSPS) is 26.1. The number of anilines is 2. The van der Waals surface area contributed by atoms with Crippen LogP contribution in [-0.2, 0) is 14.8 Å². The van der Waals surface area contributed by atoms with Crippen LogP contribution in [0.25, 0.3) is 0 Å². The lowest BCUT2D eigenvalue weighted by molar-refractivity contribution is -0.133. The van der Waals surface area contributed by atoms with E-state index in [0.29, 0.717) is 18.1 Å². The molecule has 1 amide bonds. The van der Waals surface area contributed by atoms with Crippen LogP contribution < -0.4 is 15.4 Å². The second-order valence-electron chi connectivity index (χ2n) is 8.20. The van der Waals surface area contributed by atoms with E-state index in [4.69, 9.17) is 5.14 Å². The van der Waals surface area contributed by atoms with E-state index in [-0.39, 0.29) is 28.9 Å². The summed E-state index contributed by atoms with van der Waals surface area (Å²) in [7, 11) is -3.86. The average Bonchev–Trinajstić information content (AvgIpc) is 3.12. The number of likely N-dealkylation sites (tertiary alicyclic amines) is 1. The number of nitrogens with zero attached hydrogens (tertiary/aromatic N) is 3. The molecule has 2 atom stereocenters. The minimum absolute atomic E-state index is 0.0171. The van der Waals surface area contributed by atoms with Crippen molar-refractivity contribution in [2.45, 2.75) is 74.9 Å². The quantitative estimate of drug-likeness (QED) is 0.789. The summed E-state index contributed by atoms with van der Waals surface area (Å²) >= 11 is 0. The van der Waals surface area contributed by atoms with Crippen LogP contribution in [0, 0.1) is 0 Å². The van der Waals surface area contributed by atoms with Crippen molar-refractivity contribution >= 4 is 27.4 Å². The molecule has 0 aromatic carbocycles. The van der Waals surface area contributed by atoms with E-state index in [9.17, 15) is 13.2 Å². The second-order valence-corrected chi connectivity index (χ2v) is 9.76. The van der Waals surface area contributed by atoms with Crippen LogP contribution in [-0.4, -0.2) is 55.4 Å². The number of fused-ring (bicyclic) bond motifs is 1. The van der Waals surface area contributed by atoms with Crippen LogP contribution in [0.15, 0.2) is 17.2 Å². The number of aromatic nitrogens is 1. The largest absolute Gasteiger partial charge is 0.366 e. The Morgan fingerprint density at radius 2 is 1.96 bits per heavy atom. The fourth-order valence-corrected chi connectivity index (χ4v) is 5.33. The number of hydrogen-bond donors (Lipinski definition) is 2. The van der Waals surface area contributed by atoms with Crippen molar-refractivity contribution in [3.8, 4) is 0 Å². The van der Waals surface area contributed by atoms with Crippen LogP contribution in [0.1, 0.15) is 51.9 Å². The van der Waals surface area contributed by atoms with Gasteiger partial charge in [-0.05, 0) is 38.7 Å². The van der Waals surface area contributed by atoms with Gasteiger partial charge in [-0.1, -0.05) is 19.3 Å². The summed E-state index contributed by atoms with van der Waals surface area (Å²) in [5.41, 5.74) is 0.676. The van der Waals surface area contributed by atoms with Crippen LogP contribution >= 0.6 is 0 Å². The summed E-state index contributed by atoms with van der Waals surface area (Å²) in [6.45, 7) is 3.37. The molecule has 1 aromatic heterocycles. The lowest BCUT2D eigenvalue weighted by Gasteiger charge is -2.45. The van der Waals surface area contributed by atoms with Crippen LogP contribution in [0.5, 0.6) is 0 Å². The second kappa shape index (κ2) is 7.51.